The quantitative estimate of drug-likeness (QED) is 0.835. The van der Waals surface area contributed by atoms with Crippen LogP contribution in [0.3, 0.4) is 0 Å². The summed E-state index contributed by atoms with van der Waals surface area (Å²) in [6, 6.07) is 0.0677. The number of rotatable bonds is 2. The molecule has 2 amide bonds. The van der Waals surface area contributed by atoms with Gasteiger partial charge in [0.05, 0.1) is 5.92 Å². The SMILES string of the molecule is NC1C2CCC(C2)C1C(=O)N1CCN(C(=O)C2CCCCC2)CC1. The first-order valence-electron chi connectivity index (χ1n) is 9.98. The van der Waals surface area contributed by atoms with Crippen molar-refractivity contribution in [1.82, 2.24) is 9.80 Å². The molecule has 4 unspecified atom stereocenters. The molecule has 0 radical (unpaired) electrons. The van der Waals surface area contributed by atoms with E-state index in [1.54, 1.807) is 0 Å². The van der Waals surface area contributed by atoms with Gasteiger partial charge in [-0.05, 0) is 43.9 Å². The van der Waals surface area contributed by atoms with Crippen molar-refractivity contribution in [3.05, 3.63) is 0 Å². The molecule has 3 saturated carbocycles. The summed E-state index contributed by atoms with van der Waals surface area (Å²) >= 11 is 0. The van der Waals surface area contributed by atoms with Crippen LogP contribution in [0.5, 0.6) is 0 Å². The van der Waals surface area contributed by atoms with Crippen molar-refractivity contribution >= 4 is 11.8 Å². The third-order valence-corrected chi connectivity index (χ3v) is 7.12. The van der Waals surface area contributed by atoms with Crippen molar-refractivity contribution in [3.8, 4) is 0 Å². The molecule has 2 N–H and O–H groups in total. The second kappa shape index (κ2) is 6.66. The van der Waals surface area contributed by atoms with Gasteiger partial charge in [-0.1, -0.05) is 19.3 Å². The highest BCUT2D eigenvalue weighted by atomic mass is 16.2. The van der Waals surface area contributed by atoms with Gasteiger partial charge in [0, 0.05) is 38.1 Å². The fraction of sp³-hybridized carbons (Fsp3) is 0.895. The second-order valence-corrected chi connectivity index (χ2v) is 8.42. The molecular weight excluding hydrogens is 302 g/mol. The number of nitrogens with two attached hydrogens (primary N) is 1. The Labute approximate surface area is 144 Å². The third-order valence-electron chi connectivity index (χ3n) is 7.12. The maximum absolute atomic E-state index is 12.9. The summed E-state index contributed by atoms with van der Waals surface area (Å²) in [5.41, 5.74) is 6.33. The summed E-state index contributed by atoms with van der Waals surface area (Å²) in [5, 5.41) is 0. The van der Waals surface area contributed by atoms with E-state index in [1.807, 2.05) is 9.80 Å². The number of nitrogens with zero attached hydrogens (tertiary/aromatic N) is 2. The lowest BCUT2D eigenvalue weighted by Gasteiger charge is -2.39. The summed E-state index contributed by atoms with van der Waals surface area (Å²) in [6.07, 6.45) is 9.30. The molecule has 1 aliphatic heterocycles. The monoisotopic (exact) mass is 333 g/mol. The van der Waals surface area contributed by atoms with Gasteiger partial charge in [0.15, 0.2) is 0 Å². The molecule has 4 rings (SSSR count). The van der Waals surface area contributed by atoms with Gasteiger partial charge in [-0.25, -0.2) is 0 Å². The van der Waals surface area contributed by atoms with Crippen LogP contribution in [-0.4, -0.2) is 53.8 Å². The number of fused-ring (bicyclic) bond motifs is 2. The molecule has 134 valence electrons. The Kier molecular flexibility index (Phi) is 4.54. The van der Waals surface area contributed by atoms with Crippen LogP contribution in [0.4, 0.5) is 0 Å². The van der Waals surface area contributed by atoms with E-state index in [0.29, 0.717) is 43.9 Å². The molecule has 4 aliphatic rings. The Balaban J connectivity index is 1.31. The Morgan fingerprint density at radius 1 is 0.750 bits per heavy atom. The fourth-order valence-electron chi connectivity index (χ4n) is 5.67. The molecule has 0 aromatic carbocycles. The molecule has 0 aromatic rings. The van der Waals surface area contributed by atoms with Crippen LogP contribution in [-0.2, 0) is 9.59 Å². The minimum absolute atomic E-state index is 0.0457. The first kappa shape index (κ1) is 16.4. The van der Waals surface area contributed by atoms with E-state index in [1.165, 1.54) is 32.1 Å². The summed E-state index contributed by atoms with van der Waals surface area (Å²) in [5.74, 6) is 1.96. The zero-order chi connectivity index (χ0) is 16.7. The molecule has 4 atom stereocenters. The average molecular weight is 333 g/mol. The molecule has 1 saturated heterocycles. The van der Waals surface area contributed by atoms with Crippen molar-refractivity contribution in [2.75, 3.05) is 26.2 Å². The zero-order valence-corrected chi connectivity index (χ0v) is 14.7. The van der Waals surface area contributed by atoms with E-state index < -0.39 is 0 Å². The molecular formula is C19H31N3O2. The van der Waals surface area contributed by atoms with Gasteiger partial charge < -0.3 is 15.5 Å². The molecule has 5 nitrogen and oxygen atoms in total. The van der Waals surface area contributed by atoms with Gasteiger partial charge in [-0.15, -0.1) is 0 Å². The summed E-state index contributed by atoms with van der Waals surface area (Å²) in [6.45, 7) is 2.80. The zero-order valence-electron chi connectivity index (χ0n) is 14.7. The summed E-state index contributed by atoms with van der Waals surface area (Å²) in [7, 11) is 0. The van der Waals surface area contributed by atoms with E-state index >= 15 is 0 Å². The van der Waals surface area contributed by atoms with Crippen LogP contribution in [0.25, 0.3) is 0 Å². The summed E-state index contributed by atoms with van der Waals surface area (Å²) < 4.78 is 0. The number of carbonyl (C=O) groups is 2. The highest BCUT2D eigenvalue weighted by Gasteiger charge is 2.50. The van der Waals surface area contributed by atoms with Gasteiger partial charge in [0.25, 0.3) is 0 Å². The molecule has 24 heavy (non-hydrogen) atoms. The van der Waals surface area contributed by atoms with E-state index in [0.717, 1.165) is 19.3 Å². The van der Waals surface area contributed by atoms with Crippen LogP contribution in [0.15, 0.2) is 0 Å². The maximum Gasteiger partial charge on any atom is 0.227 e. The van der Waals surface area contributed by atoms with Crippen LogP contribution in [0.2, 0.25) is 0 Å². The van der Waals surface area contributed by atoms with Crippen molar-refractivity contribution in [2.24, 2.45) is 29.4 Å². The Morgan fingerprint density at radius 2 is 1.33 bits per heavy atom. The lowest BCUT2D eigenvalue weighted by atomic mass is 9.84. The molecule has 4 fully saturated rings. The third kappa shape index (κ3) is 2.85. The topological polar surface area (TPSA) is 66.6 Å². The smallest absolute Gasteiger partial charge is 0.227 e. The largest absolute Gasteiger partial charge is 0.339 e. The van der Waals surface area contributed by atoms with Gasteiger partial charge in [-0.3, -0.25) is 9.59 Å². The predicted molar refractivity (Wildman–Crippen MR) is 92.0 cm³/mol. The van der Waals surface area contributed by atoms with Crippen LogP contribution >= 0.6 is 0 Å². The van der Waals surface area contributed by atoms with Gasteiger partial charge in [0.1, 0.15) is 0 Å². The number of carbonyl (C=O) groups excluding carboxylic acids is 2. The standard InChI is InChI=1S/C19H31N3O2/c20-17-15-7-6-14(12-15)16(17)19(24)22-10-8-21(9-11-22)18(23)13-4-2-1-3-5-13/h13-17H,1-12,20H2. The van der Waals surface area contributed by atoms with E-state index in [2.05, 4.69) is 0 Å². The van der Waals surface area contributed by atoms with E-state index in [4.69, 9.17) is 5.73 Å². The van der Waals surface area contributed by atoms with Gasteiger partial charge >= 0.3 is 0 Å². The minimum atomic E-state index is 0.0457. The van der Waals surface area contributed by atoms with E-state index in [9.17, 15) is 9.59 Å². The Hall–Kier alpha value is -1.10. The number of hydrogen-bond acceptors (Lipinski definition) is 3. The number of amides is 2. The minimum Gasteiger partial charge on any atom is -0.339 e. The van der Waals surface area contributed by atoms with Crippen molar-refractivity contribution in [3.63, 3.8) is 0 Å². The lowest BCUT2D eigenvalue weighted by Crippen LogP contribution is -2.55. The van der Waals surface area contributed by atoms with E-state index in [-0.39, 0.29) is 23.8 Å². The van der Waals surface area contributed by atoms with Crippen LogP contribution < -0.4 is 5.73 Å². The summed E-state index contributed by atoms with van der Waals surface area (Å²) in [4.78, 5) is 29.5. The fourth-order valence-corrected chi connectivity index (χ4v) is 5.67. The first-order chi connectivity index (χ1) is 11.6. The lowest BCUT2D eigenvalue weighted by molar-refractivity contribution is -0.145. The Bertz CT molecular complexity index is 493. The predicted octanol–water partition coefficient (Wildman–Crippen LogP) is 1.61. The normalized spacial score (nSPS) is 37.0. The second-order valence-electron chi connectivity index (χ2n) is 8.42. The average Bonchev–Trinajstić information content (AvgIpc) is 3.23. The molecule has 2 bridgehead atoms. The van der Waals surface area contributed by atoms with Crippen molar-refractivity contribution < 1.29 is 9.59 Å². The van der Waals surface area contributed by atoms with Crippen LogP contribution in [0, 0.1) is 23.7 Å². The highest BCUT2D eigenvalue weighted by molar-refractivity contribution is 5.82. The first-order valence-corrected chi connectivity index (χ1v) is 9.98. The molecule has 0 aromatic heterocycles. The molecule has 3 aliphatic carbocycles. The molecule has 5 heteroatoms. The number of piperazine rings is 1. The van der Waals surface area contributed by atoms with Crippen LogP contribution in [0.1, 0.15) is 51.4 Å². The van der Waals surface area contributed by atoms with Crippen molar-refractivity contribution in [1.29, 1.82) is 0 Å². The molecule has 0 spiro atoms. The Morgan fingerprint density at radius 3 is 1.92 bits per heavy atom. The van der Waals surface area contributed by atoms with Gasteiger partial charge in [0.2, 0.25) is 11.8 Å². The highest BCUT2D eigenvalue weighted by Crippen LogP contribution is 2.48. The molecule has 1 heterocycles. The van der Waals surface area contributed by atoms with Gasteiger partial charge in [-0.2, -0.15) is 0 Å². The van der Waals surface area contributed by atoms with Crippen molar-refractivity contribution in [2.45, 2.75) is 57.4 Å². The number of hydrogen-bond donors (Lipinski definition) is 1. The maximum atomic E-state index is 12.9.